The number of carboxylic acids is 1. The predicted octanol–water partition coefficient (Wildman–Crippen LogP) is 3.28. The quantitative estimate of drug-likeness (QED) is 0.940. The molecule has 0 fully saturated rings. The summed E-state index contributed by atoms with van der Waals surface area (Å²) >= 11 is 0. The topological polar surface area (TPSA) is 57.6 Å². The molecule has 0 unspecified atom stereocenters. The van der Waals surface area contributed by atoms with Crippen molar-refractivity contribution in [1.82, 2.24) is 0 Å². The Morgan fingerprint density at radius 2 is 1.48 bits per heavy atom. The molecule has 21 heavy (non-hydrogen) atoms. The highest BCUT2D eigenvalue weighted by Gasteiger charge is 2.17. The van der Waals surface area contributed by atoms with Crippen molar-refractivity contribution in [1.29, 1.82) is 0 Å². The number of carbonyl (C=O) groups is 2. The maximum atomic E-state index is 12.6. The first-order chi connectivity index (χ1) is 9.91. The van der Waals surface area contributed by atoms with E-state index in [1.807, 2.05) is 32.0 Å². The Bertz CT molecular complexity index is 669. The fourth-order valence-electron chi connectivity index (χ4n) is 2.26. The van der Waals surface area contributed by atoms with Gasteiger partial charge in [-0.05, 0) is 49.2 Å². The van der Waals surface area contributed by atoms with E-state index in [0.29, 0.717) is 11.3 Å². The zero-order valence-corrected chi connectivity index (χ0v) is 12.3. The molecule has 0 aliphatic heterocycles. The van der Waals surface area contributed by atoms with Gasteiger partial charge in [-0.2, -0.15) is 0 Å². The number of aromatic carboxylic acids is 1. The number of anilines is 1. The van der Waals surface area contributed by atoms with Crippen molar-refractivity contribution in [3.63, 3.8) is 0 Å². The van der Waals surface area contributed by atoms with Crippen LogP contribution in [-0.2, 0) is 0 Å². The van der Waals surface area contributed by atoms with Gasteiger partial charge < -0.3 is 10.0 Å². The molecule has 2 aromatic rings. The Kier molecular flexibility index (Phi) is 4.08. The number of carbonyl (C=O) groups excluding carboxylic acids is 1. The van der Waals surface area contributed by atoms with Crippen molar-refractivity contribution in [3.05, 3.63) is 64.7 Å². The Morgan fingerprint density at radius 1 is 0.952 bits per heavy atom. The van der Waals surface area contributed by atoms with Crippen molar-refractivity contribution in [2.75, 3.05) is 11.9 Å². The summed E-state index contributed by atoms with van der Waals surface area (Å²) in [6.07, 6.45) is 0. The summed E-state index contributed by atoms with van der Waals surface area (Å²) in [5, 5.41) is 8.89. The van der Waals surface area contributed by atoms with Gasteiger partial charge in [0.05, 0.1) is 5.56 Å². The fraction of sp³-hybridized carbons (Fsp3) is 0.176. The number of amides is 1. The van der Waals surface area contributed by atoms with Gasteiger partial charge in [-0.15, -0.1) is 0 Å². The summed E-state index contributed by atoms with van der Waals surface area (Å²) in [4.78, 5) is 25.0. The summed E-state index contributed by atoms with van der Waals surface area (Å²) in [5.74, 6) is -1.08. The van der Waals surface area contributed by atoms with Crippen LogP contribution < -0.4 is 4.90 Å². The van der Waals surface area contributed by atoms with Gasteiger partial charge in [0.25, 0.3) is 5.91 Å². The van der Waals surface area contributed by atoms with Crippen LogP contribution >= 0.6 is 0 Å². The summed E-state index contributed by atoms with van der Waals surface area (Å²) in [7, 11) is 1.68. The third kappa shape index (κ3) is 2.94. The molecular formula is C17H17NO3. The molecule has 0 heterocycles. The van der Waals surface area contributed by atoms with Crippen LogP contribution in [-0.4, -0.2) is 24.0 Å². The van der Waals surface area contributed by atoms with E-state index in [4.69, 9.17) is 5.11 Å². The first kappa shape index (κ1) is 14.8. The highest BCUT2D eigenvalue weighted by molar-refractivity contribution is 6.07. The predicted molar refractivity (Wildman–Crippen MR) is 82.1 cm³/mol. The first-order valence-electron chi connectivity index (χ1n) is 6.59. The van der Waals surface area contributed by atoms with Crippen LogP contribution in [0.25, 0.3) is 0 Å². The lowest BCUT2D eigenvalue weighted by Crippen LogP contribution is -2.27. The lowest BCUT2D eigenvalue weighted by molar-refractivity contribution is 0.0696. The third-order valence-electron chi connectivity index (χ3n) is 3.50. The van der Waals surface area contributed by atoms with Crippen molar-refractivity contribution in [3.8, 4) is 0 Å². The van der Waals surface area contributed by atoms with Crippen molar-refractivity contribution >= 4 is 17.6 Å². The monoisotopic (exact) mass is 283 g/mol. The van der Waals surface area contributed by atoms with Crippen LogP contribution in [0.5, 0.6) is 0 Å². The maximum Gasteiger partial charge on any atom is 0.335 e. The number of hydrogen-bond donors (Lipinski definition) is 1. The number of hydrogen-bond acceptors (Lipinski definition) is 2. The Hall–Kier alpha value is -2.62. The van der Waals surface area contributed by atoms with Crippen molar-refractivity contribution < 1.29 is 14.7 Å². The zero-order chi connectivity index (χ0) is 15.6. The Morgan fingerprint density at radius 3 is 1.95 bits per heavy atom. The van der Waals surface area contributed by atoms with E-state index in [0.717, 1.165) is 11.1 Å². The summed E-state index contributed by atoms with van der Waals surface area (Å²) in [6, 6.07) is 12.0. The third-order valence-corrected chi connectivity index (χ3v) is 3.50. The highest BCUT2D eigenvalue weighted by atomic mass is 16.4. The van der Waals surface area contributed by atoms with Crippen molar-refractivity contribution in [2.24, 2.45) is 0 Å². The second kappa shape index (κ2) is 5.79. The highest BCUT2D eigenvalue weighted by Crippen LogP contribution is 2.20. The molecule has 1 N–H and O–H groups in total. The molecule has 0 aromatic heterocycles. The minimum absolute atomic E-state index is 0.103. The Labute approximate surface area is 123 Å². The lowest BCUT2D eigenvalue weighted by atomic mass is 10.0. The number of carboxylic acid groups (broad SMARTS) is 1. The van der Waals surface area contributed by atoms with Crippen LogP contribution in [0.15, 0.2) is 42.5 Å². The summed E-state index contributed by atoms with van der Waals surface area (Å²) in [6.45, 7) is 3.81. The molecule has 1 amide bonds. The molecule has 0 bridgehead atoms. The molecule has 0 aliphatic rings. The van der Waals surface area contributed by atoms with Gasteiger partial charge in [0, 0.05) is 18.3 Å². The van der Waals surface area contributed by atoms with Crippen LogP contribution in [0.1, 0.15) is 31.8 Å². The molecular weight excluding hydrogens is 266 g/mol. The normalized spacial score (nSPS) is 10.2. The van der Waals surface area contributed by atoms with Gasteiger partial charge in [-0.3, -0.25) is 4.79 Å². The largest absolute Gasteiger partial charge is 0.478 e. The molecule has 0 aliphatic carbocycles. The van der Waals surface area contributed by atoms with E-state index in [9.17, 15) is 9.59 Å². The zero-order valence-electron chi connectivity index (χ0n) is 12.3. The van der Waals surface area contributed by atoms with Crippen molar-refractivity contribution in [2.45, 2.75) is 13.8 Å². The van der Waals surface area contributed by atoms with E-state index in [1.165, 1.54) is 17.0 Å². The average Bonchev–Trinajstić information content (AvgIpc) is 2.46. The van der Waals surface area contributed by atoms with Gasteiger partial charge >= 0.3 is 5.97 Å². The molecule has 0 atom stereocenters. The van der Waals surface area contributed by atoms with Crippen LogP contribution in [0.3, 0.4) is 0 Å². The first-order valence-corrected chi connectivity index (χ1v) is 6.59. The fourth-order valence-corrected chi connectivity index (χ4v) is 2.26. The van der Waals surface area contributed by atoms with Crippen LogP contribution in [0.4, 0.5) is 5.69 Å². The SMILES string of the molecule is Cc1cccc(C)c1C(=O)N(C)c1ccc(C(=O)O)cc1. The van der Waals surface area contributed by atoms with E-state index < -0.39 is 5.97 Å². The van der Waals surface area contributed by atoms with Gasteiger partial charge in [0.1, 0.15) is 0 Å². The lowest BCUT2D eigenvalue weighted by Gasteiger charge is -2.20. The molecule has 0 radical (unpaired) electrons. The van der Waals surface area contributed by atoms with E-state index in [-0.39, 0.29) is 11.5 Å². The average molecular weight is 283 g/mol. The molecule has 2 rings (SSSR count). The van der Waals surface area contributed by atoms with Gasteiger partial charge in [0.15, 0.2) is 0 Å². The molecule has 4 nitrogen and oxygen atoms in total. The van der Waals surface area contributed by atoms with Gasteiger partial charge in [-0.1, -0.05) is 18.2 Å². The molecule has 0 saturated heterocycles. The minimum atomic E-state index is -0.981. The molecule has 2 aromatic carbocycles. The summed E-state index contributed by atoms with van der Waals surface area (Å²) in [5.41, 5.74) is 3.39. The molecule has 108 valence electrons. The maximum absolute atomic E-state index is 12.6. The van der Waals surface area contributed by atoms with E-state index in [2.05, 4.69) is 0 Å². The number of nitrogens with zero attached hydrogens (tertiary/aromatic N) is 1. The minimum Gasteiger partial charge on any atom is -0.478 e. The standard InChI is InChI=1S/C17H17NO3/c1-11-5-4-6-12(2)15(11)16(19)18(3)14-9-7-13(8-10-14)17(20)21/h4-10H,1-3H3,(H,20,21). The van der Waals surface area contributed by atoms with Crippen LogP contribution in [0, 0.1) is 13.8 Å². The molecule has 0 spiro atoms. The smallest absolute Gasteiger partial charge is 0.335 e. The van der Waals surface area contributed by atoms with Crippen LogP contribution in [0.2, 0.25) is 0 Å². The molecule has 4 heteroatoms. The summed E-state index contributed by atoms with van der Waals surface area (Å²) < 4.78 is 0. The number of aryl methyl sites for hydroxylation is 2. The van der Waals surface area contributed by atoms with E-state index >= 15 is 0 Å². The Balaban J connectivity index is 2.33. The number of rotatable bonds is 3. The van der Waals surface area contributed by atoms with Gasteiger partial charge in [-0.25, -0.2) is 4.79 Å². The number of benzene rings is 2. The second-order valence-electron chi connectivity index (χ2n) is 4.98. The molecule has 0 saturated carbocycles. The van der Waals surface area contributed by atoms with E-state index in [1.54, 1.807) is 19.2 Å². The van der Waals surface area contributed by atoms with Gasteiger partial charge in [0.2, 0.25) is 0 Å². The second-order valence-corrected chi connectivity index (χ2v) is 4.98.